The van der Waals surface area contributed by atoms with Crippen LogP contribution in [0.2, 0.25) is 0 Å². The van der Waals surface area contributed by atoms with Crippen molar-refractivity contribution in [1.82, 2.24) is 5.32 Å². The van der Waals surface area contributed by atoms with E-state index in [4.69, 9.17) is 5.73 Å². The molecule has 0 saturated carbocycles. The monoisotopic (exact) mass is 142 g/mol. The van der Waals surface area contributed by atoms with Crippen LogP contribution in [0.15, 0.2) is 0 Å². The van der Waals surface area contributed by atoms with E-state index in [2.05, 4.69) is 5.32 Å². The molecule has 1 fully saturated rings. The molecular formula is C7H14N2O. The molecule has 58 valence electrons. The molecule has 1 amide bonds. The summed E-state index contributed by atoms with van der Waals surface area (Å²) in [4.78, 5) is 10.9. The summed E-state index contributed by atoms with van der Waals surface area (Å²) in [6.07, 6.45) is 1.98. The van der Waals surface area contributed by atoms with Gasteiger partial charge in [-0.05, 0) is 26.3 Å². The van der Waals surface area contributed by atoms with E-state index in [1.807, 2.05) is 6.92 Å². The molecule has 3 nitrogen and oxygen atoms in total. The summed E-state index contributed by atoms with van der Waals surface area (Å²) in [6, 6.07) is 0. The molecule has 0 aliphatic carbocycles. The number of hydrogen-bond donors (Lipinski definition) is 2. The topological polar surface area (TPSA) is 55.1 Å². The number of carbonyl (C=O) groups excluding carboxylic acids is 1. The van der Waals surface area contributed by atoms with Crippen LogP contribution in [0, 0.1) is 5.41 Å². The molecule has 3 N–H and O–H groups in total. The summed E-state index contributed by atoms with van der Waals surface area (Å²) < 4.78 is 0. The minimum Gasteiger partial charge on any atom is -0.369 e. The van der Waals surface area contributed by atoms with Crippen LogP contribution >= 0.6 is 0 Å². The highest BCUT2D eigenvalue weighted by Gasteiger charge is 2.32. The van der Waals surface area contributed by atoms with Crippen molar-refractivity contribution in [3.63, 3.8) is 0 Å². The number of piperidine rings is 1. The molecule has 0 spiro atoms. The Labute approximate surface area is 61.0 Å². The molecule has 1 atom stereocenters. The Balaban J connectivity index is 2.56. The number of amides is 1. The van der Waals surface area contributed by atoms with Crippen LogP contribution in [0.25, 0.3) is 0 Å². The first-order chi connectivity index (χ1) is 4.65. The van der Waals surface area contributed by atoms with E-state index < -0.39 is 0 Å². The largest absolute Gasteiger partial charge is 0.369 e. The van der Waals surface area contributed by atoms with E-state index in [0.717, 1.165) is 25.9 Å². The van der Waals surface area contributed by atoms with Gasteiger partial charge in [-0.2, -0.15) is 0 Å². The Bertz CT molecular complexity index is 139. The second-order valence-corrected chi connectivity index (χ2v) is 3.21. The molecule has 0 aromatic rings. The summed E-state index contributed by atoms with van der Waals surface area (Å²) in [7, 11) is 0. The maximum absolute atomic E-state index is 10.9. The fourth-order valence-electron chi connectivity index (χ4n) is 1.27. The van der Waals surface area contributed by atoms with E-state index in [0.29, 0.717) is 0 Å². The molecule has 0 aromatic heterocycles. The van der Waals surface area contributed by atoms with Gasteiger partial charge in [0.1, 0.15) is 0 Å². The zero-order valence-corrected chi connectivity index (χ0v) is 6.31. The van der Waals surface area contributed by atoms with Crippen LogP contribution in [-0.4, -0.2) is 19.0 Å². The zero-order valence-electron chi connectivity index (χ0n) is 6.31. The van der Waals surface area contributed by atoms with E-state index in [1.165, 1.54) is 0 Å². The van der Waals surface area contributed by atoms with Gasteiger partial charge in [0.2, 0.25) is 5.91 Å². The van der Waals surface area contributed by atoms with Crippen LogP contribution in [0.3, 0.4) is 0 Å². The van der Waals surface area contributed by atoms with Crippen molar-refractivity contribution in [2.24, 2.45) is 11.1 Å². The maximum atomic E-state index is 10.9. The molecule has 1 aliphatic rings. The Morgan fingerprint density at radius 3 is 2.70 bits per heavy atom. The fourth-order valence-corrected chi connectivity index (χ4v) is 1.27. The van der Waals surface area contributed by atoms with Crippen molar-refractivity contribution in [1.29, 1.82) is 0 Å². The van der Waals surface area contributed by atoms with Gasteiger partial charge < -0.3 is 11.1 Å². The molecule has 3 heteroatoms. The van der Waals surface area contributed by atoms with Gasteiger partial charge in [0.25, 0.3) is 0 Å². The predicted molar refractivity (Wildman–Crippen MR) is 39.4 cm³/mol. The minimum absolute atomic E-state index is 0.181. The number of rotatable bonds is 1. The van der Waals surface area contributed by atoms with Gasteiger partial charge in [-0.25, -0.2) is 0 Å². The smallest absolute Gasteiger partial charge is 0.224 e. The third kappa shape index (κ3) is 1.29. The average molecular weight is 142 g/mol. The van der Waals surface area contributed by atoms with Gasteiger partial charge in [0.15, 0.2) is 0 Å². The first kappa shape index (κ1) is 7.54. The summed E-state index contributed by atoms with van der Waals surface area (Å²) in [6.45, 7) is 3.67. The number of nitrogens with one attached hydrogen (secondary N) is 1. The second kappa shape index (κ2) is 2.58. The highest BCUT2D eigenvalue weighted by atomic mass is 16.1. The van der Waals surface area contributed by atoms with Crippen LogP contribution < -0.4 is 11.1 Å². The summed E-state index contributed by atoms with van der Waals surface area (Å²) in [5, 5.41) is 3.16. The highest BCUT2D eigenvalue weighted by molar-refractivity contribution is 5.80. The third-order valence-electron chi connectivity index (χ3n) is 2.19. The van der Waals surface area contributed by atoms with Gasteiger partial charge in [0.05, 0.1) is 5.41 Å². The SMILES string of the molecule is C[C@]1(C(N)=O)CCCNC1. The van der Waals surface area contributed by atoms with Gasteiger partial charge >= 0.3 is 0 Å². The molecule has 0 unspecified atom stereocenters. The standard InChI is InChI=1S/C7H14N2O/c1-7(6(8)10)3-2-4-9-5-7/h9H,2-5H2,1H3,(H2,8,10)/t7-/m0/s1. The Morgan fingerprint density at radius 1 is 1.70 bits per heavy atom. The van der Waals surface area contributed by atoms with Crippen molar-refractivity contribution in [3.8, 4) is 0 Å². The molecule has 1 saturated heterocycles. The van der Waals surface area contributed by atoms with E-state index in [1.54, 1.807) is 0 Å². The predicted octanol–water partition coefficient (Wildman–Crippen LogP) is -0.139. The normalized spacial score (nSPS) is 33.7. The van der Waals surface area contributed by atoms with E-state index in [-0.39, 0.29) is 11.3 Å². The number of primary amides is 1. The lowest BCUT2D eigenvalue weighted by atomic mass is 9.82. The van der Waals surface area contributed by atoms with Crippen LogP contribution in [0.1, 0.15) is 19.8 Å². The van der Waals surface area contributed by atoms with Gasteiger partial charge in [0, 0.05) is 6.54 Å². The second-order valence-electron chi connectivity index (χ2n) is 3.21. The minimum atomic E-state index is -0.293. The molecular weight excluding hydrogens is 128 g/mol. The number of carbonyl (C=O) groups is 1. The fraction of sp³-hybridized carbons (Fsp3) is 0.857. The molecule has 1 aliphatic heterocycles. The van der Waals surface area contributed by atoms with Crippen molar-refractivity contribution >= 4 is 5.91 Å². The maximum Gasteiger partial charge on any atom is 0.224 e. The van der Waals surface area contributed by atoms with Crippen molar-refractivity contribution in [2.45, 2.75) is 19.8 Å². The van der Waals surface area contributed by atoms with Gasteiger partial charge in [-0.3, -0.25) is 4.79 Å². The lowest BCUT2D eigenvalue weighted by molar-refractivity contribution is -0.127. The Kier molecular flexibility index (Phi) is 1.94. The van der Waals surface area contributed by atoms with E-state index >= 15 is 0 Å². The summed E-state index contributed by atoms with van der Waals surface area (Å²) in [5.74, 6) is -0.181. The number of nitrogens with two attached hydrogens (primary N) is 1. The van der Waals surface area contributed by atoms with Crippen LogP contribution in [-0.2, 0) is 4.79 Å². The first-order valence-electron chi connectivity index (χ1n) is 3.66. The Hall–Kier alpha value is -0.570. The van der Waals surface area contributed by atoms with Crippen molar-refractivity contribution in [3.05, 3.63) is 0 Å². The zero-order chi connectivity index (χ0) is 7.61. The van der Waals surface area contributed by atoms with Crippen molar-refractivity contribution < 1.29 is 4.79 Å². The molecule has 1 heterocycles. The Morgan fingerprint density at radius 2 is 2.40 bits per heavy atom. The lowest BCUT2D eigenvalue weighted by Gasteiger charge is -2.30. The van der Waals surface area contributed by atoms with Crippen LogP contribution in [0.4, 0.5) is 0 Å². The third-order valence-corrected chi connectivity index (χ3v) is 2.19. The molecule has 10 heavy (non-hydrogen) atoms. The summed E-state index contributed by atoms with van der Waals surface area (Å²) in [5.41, 5.74) is 4.93. The first-order valence-corrected chi connectivity index (χ1v) is 3.66. The molecule has 0 bridgehead atoms. The van der Waals surface area contributed by atoms with E-state index in [9.17, 15) is 4.79 Å². The summed E-state index contributed by atoms with van der Waals surface area (Å²) >= 11 is 0. The lowest BCUT2D eigenvalue weighted by Crippen LogP contribution is -2.46. The molecule has 0 radical (unpaired) electrons. The average Bonchev–Trinajstić information content (AvgIpc) is 1.89. The number of hydrogen-bond acceptors (Lipinski definition) is 2. The molecule has 1 rings (SSSR count). The van der Waals surface area contributed by atoms with Gasteiger partial charge in [-0.1, -0.05) is 0 Å². The highest BCUT2D eigenvalue weighted by Crippen LogP contribution is 2.24. The van der Waals surface area contributed by atoms with Gasteiger partial charge in [-0.15, -0.1) is 0 Å². The van der Waals surface area contributed by atoms with Crippen LogP contribution in [0.5, 0.6) is 0 Å². The molecule has 0 aromatic carbocycles. The quantitative estimate of drug-likeness (QED) is 0.535. The van der Waals surface area contributed by atoms with Crippen molar-refractivity contribution in [2.75, 3.05) is 13.1 Å².